The van der Waals surface area contributed by atoms with Crippen LogP contribution in [0.4, 0.5) is 0 Å². The van der Waals surface area contributed by atoms with E-state index in [4.69, 9.17) is 11.5 Å². The number of nitrogens with zero attached hydrogens (tertiary/aromatic N) is 3. The van der Waals surface area contributed by atoms with Gasteiger partial charge in [0.25, 0.3) is 0 Å². The Bertz CT molecular complexity index is 279. The van der Waals surface area contributed by atoms with Crippen molar-refractivity contribution in [2.45, 2.75) is 25.4 Å². The van der Waals surface area contributed by atoms with Crippen molar-refractivity contribution in [3.63, 3.8) is 0 Å². The third kappa shape index (κ3) is 2.51. The third-order valence-corrected chi connectivity index (χ3v) is 1.89. The highest BCUT2D eigenvalue weighted by Crippen LogP contribution is 2.05. The number of aromatic nitrogens is 3. The van der Waals surface area contributed by atoms with Gasteiger partial charge in [-0.3, -0.25) is 9.48 Å². The van der Waals surface area contributed by atoms with Crippen molar-refractivity contribution in [3.05, 3.63) is 12.7 Å². The van der Waals surface area contributed by atoms with Gasteiger partial charge in [0.1, 0.15) is 12.7 Å². The fraction of sp³-hybridized carbons (Fsp3) is 0.571. The number of nitrogens with two attached hydrogens (primary N) is 2. The second-order valence-corrected chi connectivity index (χ2v) is 3.19. The standard InChI is InChI=1S/C7H13N5O/c1-7(9,6(8)13)2-3-12-5-10-4-11-12/h4-5H,2-3,9H2,1H3,(H2,8,13). The van der Waals surface area contributed by atoms with E-state index in [-0.39, 0.29) is 0 Å². The number of carbonyl (C=O) groups is 1. The number of primary amides is 1. The minimum atomic E-state index is -0.980. The van der Waals surface area contributed by atoms with E-state index in [1.165, 1.54) is 6.33 Å². The zero-order chi connectivity index (χ0) is 9.90. The molecule has 0 radical (unpaired) electrons. The SMILES string of the molecule is CC(N)(CCn1cncn1)C(N)=O. The largest absolute Gasteiger partial charge is 0.368 e. The number of carbonyl (C=O) groups excluding carboxylic acids is 1. The van der Waals surface area contributed by atoms with Gasteiger partial charge in [0, 0.05) is 6.54 Å². The lowest BCUT2D eigenvalue weighted by atomic mass is 9.99. The molecule has 0 aliphatic heterocycles. The second-order valence-electron chi connectivity index (χ2n) is 3.19. The van der Waals surface area contributed by atoms with Crippen molar-refractivity contribution in [1.82, 2.24) is 14.8 Å². The van der Waals surface area contributed by atoms with Gasteiger partial charge < -0.3 is 11.5 Å². The lowest BCUT2D eigenvalue weighted by Gasteiger charge is -2.19. The van der Waals surface area contributed by atoms with Crippen molar-refractivity contribution in [2.75, 3.05) is 0 Å². The van der Waals surface area contributed by atoms with Crippen LogP contribution in [-0.2, 0) is 11.3 Å². The highest BCUT2D eigenvalue weighted by Gasteiger charge is 2.25. The van der Waals surface area contributed by atoms with Gasteiger partial charge in [-0.2, -0.15) is 5.10 Å². The molecule has 1 unspecified atom stereocenters. The average molecular weight is 183 g/mol. The summed E-state index contributed by atoms with van der Waals surface area (Å²) in [7, 11) is 0. The van der Waals surface area contributed by atoms with Crippen molar-refractivity contribution in [3.8, 4) is 0 Å². The number of hydrogen-bond donors (Lipinski definition) is 2. The maximum Gasteiger partial charge on any atom is 0.237 e. The van der Waals surface area contributed by atoms with Crippen molar-refractivity contribution >= 4 is 5.91 Å². The normalized spacial score (nSPS) is 15.2. The molecule has 0 saturated heterocycles. The molecule has 1 heterocycles. The van der Waals surface area contributed by atoms with E-state index in [0.717, 1.165) is 0 Å². The summed E-state index contributed by atoms with van der Waals surface area (Å²) in [6.45, 7) is 2.14. The molecule has 1 rings (SSSR count). The lowest BCUT2D eigenvalue weighted by Crippen LogP contribution is -2.49. The molecule has 4 N–H and O–H groups in total. The highest BCUT2D eigenvalue weighted by molar-refractivity contribution is 5.83. The van der Waals surface area contributed by atoms with Gasteiger partial charge in [-0.1, -0.05) is 0 Å². The van der Waals surface area contributed by atoms with E-state index in [2.05, 4.69) is 10.1 Å². The van der Waals surface area contributed by atoms with E-state index < -0.39 is 11.4 Å². The minimum Gasteiger partial charge on any atom is -0.368 e. The highest BCUT2D eigenvalue weighted by atomic mass is 16.1. The van der Waals surface area contributed by atoms with Crippen LogP contribution in [0.3, 0.4) is 0 Å². The smallest absolute Gasteiger partial charge is 0.237 e. The molecule has 72 valence electrons. The molecule has 6 heteroatoms. The van der Waals surface area contributed by atoms with Gasteiger partial charge in [0.2, 0.25) is 5.91 Å². The molecule has 6 nitrogen and oxygen atoms in total. The summed E-state index contributed by atoms with van der Waals surface area (Å²) in [6, 6.07) is 0. The summed E-state index contributed by atoms with van der Waals surface area (Å²) in [6.07, 6.45) is 3.45. The molecule has 1 aromatic heterocycles. The lowest BCUT2D eigenvalue weighted by molar-refractivity contribution is -0.122. The van der Waals surface area contributed by atoms with Crippen LogP contribution in [0.5, 0.6) is 0 Å². The second kappa shape index (κ2) is 3.53. The van der Waals surface area contributed by atoms with Crippen molar-refractivity contribution < 1.29 is 4.79 Å². The molecule has 0 aliphatic carbocycles. The van der Waals surface area contributed by atoms with Crippen LogP contribution < -0.4 is 11.5 Å². The summed E-state index contributed by atoms with van der Waals surface area (Å²) in [5.74, 6) is -0.507. The molecular weight excluding hydrogens is 170 g/mol. The maximum atomic E-state index is 10.8. The Morgan fingerprint density at radius 3 is 2.85 bits per heavy atom. The molecule has 1 atom stereocenters. The van der Waals surface area contributed by atoms with E-state index in [1.807, 2.05) is 0 Å². The zero-order valence-corrected chi connectivity index (χ0v) is 7.47. The summed E-state index contributed by atoms with van der Waals surface area (Å²) < 4.78 is 1.61. The monoisotopic (exact) mass is 183 g/mol. The molecule has 0 aromatic carbocycles. The molecule has 13 heavy (non-hydrogen) atoms. The molecule has 0 bridgehead atoms. The Hall–Kier alpha value is -1.43. The van der Waals surface area contributed by atoms with Crippen molar-refractivity contribution in [2.24, 2.45) is 11.5 Å². The van der Waals surface area contributed by atoms with E-state index >= 15 is 0 Å². The van der Waals surface area contributed by atoms with E-state index in [9.17, 15) is 4.79 Å². The number of hydrogen-bond acceptors (Lipinski definition) is 4. The van der Waals surface area contributed by atoms with Crippen molar-refractivity contribution in [1.29, 1.82) is 0 Å². The van der Waals surface area contributed by atoms with Crippen LogP contribution in [0, 0.1) is 0 Å². The van der Waals surface area contributed by atoms with E-state index in [0.29, 0.717) is 13.0 Å². The zero-order valence-electron chi connectivity index (χ0n) is 7.47. The van der Waals surface area contributed by atoms with Crippen LogP contribution in [0.25, 0.3) is 0 Å². The predicted octanol–water partition coefficient (Wildman–Crippen LogP) is -1.13. The first-order valence-electron chi connectivity index (χ1n) is 3.93. The molecule has 1 aromatic rings. The molecule has 0 saturated carbocycles. The molecule has 1 amide bonds. The Morgan fingerprint density at radius 2 is 2.38 bits per heavy atom. The fourth-order valence-corrected chi connectivity index (χ4v) is 0.818. The van der Waals surface area contributed by atoms with Gasteiger partial charge in [-0.25, -0.2) is 4.98 Å². The number of amides is 1. The predicted molar refractivity (Wildman–Crippen MR) is 46.4 cm³/mol. The molecule has 0 spiro atoms. The van der Waals surface area contributed by atoms with Gasteiger partial charge in [0.15, 0.2) is 0 Å². The topological polar surface area (TPSA) is 99.8 Å². The Balaban J connectivity index is 2.47. The van der Waals surface area contributed by atoms with Crippen LogP contribution in [0.1, 0.15) is 13.3 Å². The van der Waals surface area contributed by atoms with Crippen LogP contribution in [0.2, 0.25) is 0 Å². The van der Waals surface area contributed by atoms with Crippen LogP contribution in [0.15, 0.2) is 12.7 Å². The summed E-state index contributed by atoms with van der Waals surface area (Å²) in [5.41, 5.74) is 9.76. The molecular formula is C7H13N5O. The first kappa shape index (κ1) is 9.66. The molecule has 0 fully saturated rings. The Morgan fingerprint density at radius 1 is 1.69 bits per heavy atom. The quantitative estimate of drug-likeness (QED) is 0.616. The first-order chi connectivity index (χ1) is 6.02. The summed E-state index contributed by atoms with van der Waals surface area (Å²) >= 11 is 0. The average Bonchev–Trinajstić information content (AvgIpc) is 2.52. The fourth-order valence-electron chi connectivity index (χ4n) is 0.818. The number of rotatable bonds is 4. The van der Waals surface area contributed by atoms with Crippen LogP contribution in [-0.4, -0.2) is 26.2 Å². The van der Waals surface area contributed by atoms with Gasteiger partial charge in [0.05, 0.1) is 5.54 Å². The Kier molecular flexibility index (Phi) is 2.62. The summed E-state index contributed by atoms with van der Waals surface area (Å²) in [4.78, 5) is 14.6. The summed E-state index contributed by atoms with van der Waals surface area (Å²) in [5, 5.41) is 3.88. The van der Waals surface area contributed by atoms with E-state index in [1.54, 1.807) is 17.9 Å². The van der Waals surface area contributed by atoms with Gasteiger partial charge in [-0.05, 0) is 13.3 Å². The third-order valence-electron chi connectivity index (χ3n) is 1.89. The first-order valence-corrected chi connectivity index (χ1v) is 3.93. The minimum absolute atomic E-state index is 0.450. The van der Waals surface area contributed by atoms with Gasteiger partial charge in [-0.15, -0.1) is 0 Å². The maximum absolute atomic E-state index is 10.8. The molecule has 0 aliphatic rings. The number of aryl methyl sites for hydroxylation is 1. The Labute approximate surface area is 75.9 Å². The van der Waals surface area contributed by atoms with Gasteiger partial charge >= 0.3 is 0 Å². The van der Waals surface area contributed by atoms with Crippen LogP contribution >= 0.6 is 0 Å².